The zero-order valence-electron chi connectivity index (χ0n) is 9.95. The van der Waals surface area contributed by atoms with Crippen molar-refractivity contribution in [3.8, 4) is 11.5 Å². The summed E-state index contributed by atoms with van der Waals surface area (Å²) in [5, 5.41) is 0. The molecule has 1 aromatic carbocycles. The van der Waals surface area contributed by atoms with Gasteiger partial charge in [0.25, 0.3) is 0 Å². The SMILES string of the molecule is COc1cc(F)c([C@H](N)CC(F)F)cc1OC.Cl. The Kier molecular flexibility index (Phi) is 6.86. The average molecular weight is 286 g/mol. The van der Waals surface area contributed by atoms with E-state index in [4.69, 9.17) is 15.2 Å². The van der Waals surface area contributed by atoms with Gasteiger partial charge >= 0.3 is 0 Å². The molecular weight excluding hydrogens is 271 g/mol. The number of hydrogen-bond donors (Lipinski definition) is 1. The second-order valence-corrected chi connectivity index (χ2v) is 3.46. The van der Waals surface area contributed by atoms with E-state index in [0.717, 1.165) is 6.07 Å². The van der Waals surface area contributed by atoms with Crippen LogP contribution in [0.3, 0.4) is 0 Å². The first-order valence-corrected chi connectivity index (χ1v) is 4.94. The van der Waals surface area contributed by atoms with Crippen LogP contribution in [0.2, 0.25) is 0 Å². The van der Waals surface area contributed by atoms with E-state index in [1.54, 1.807) is 0 Å². The van der Waals surface area contributed by atoms with Gasteiger partial charge in [-0.2, -0.15) is 0 Å². The molecule has 0 aliphatic rings. The highest BCUT2D eigenvalue weighted by atomic mass is 35.5. The minimum Gasteiger partial charge on any atom is -0.493 e. The number of benzene rings is 1. The normalized spacial score (nSPS) is 11.9. The Labute approximate surface area is 109 Å². The maximum atomic E-state index is 13.6. The molecule has 0 radical (unpaired) electrons. The third-order valence-corrected chi connectivity index (χ3v) is 2.33. The van der Waals surface area contributed by atoms with Crippen molar-refractivity contribution in [3.63, 3.8) is 0 Å². The summed E-state index contributed by atoms with van der Waals surface area (Å²) < 4.78 is 47.8. The zero-order valence-corrected chi connectivity index (χ0v) is 10.8. The van der Waals surface area contributed by atoms with Crippen LogP contribution in [0.5, 0.6) is 11.5 Å². The monoisotopic (exact) mass is 285 g/mol. The Morgan fingerprint density at radius 3 is 2.11 bits per heavy atom. The fraction of sp³-hybridized carbons (Fsp3) is 0.455. The Balaban J connectivity index is 0.00000289. The third-order valence-electron chi connectivity index (χ3n) is 2.33. The van der Waals surface area contributed by atoms with Crippen LogP contribution in [-0.4, -0.2) is 20.6 Å². The van der Waals surface area contributed by atoms with Crippen LogP contribution < -0.4 is 15.2 Å². The predicted octanol–water partition coefficient (Wildman–Crippen LogP) is 2.92. The fourth-order valence-electron chi connectivity index (χ4n) is 1.47. The number of halogens is 4. The smallest absolute Gasteiger partial charge is 0.240 e. The highest BCUT2D eigenvalue weighted by Crippen LogP contribution is 2.33. The van der Waals surface area contributed by atoms with E-state index in [1.165, 1.54) is 20.3 Å². The van der Waals surface area contributed by atoms with Crippen LogP contribution in [0.1, 0.15) is 18.0 Å². The van der Waals surface area contributed by atoms with E-state index in [1.807, 2.05) is 0 Å². The van der Waals surface area contributed by atoms with Crippen molar-refractivity contribution in [2.75, 3.05) is 14.2 Å². The van der Waals surface area contributed by atoms with E-state index in [2.05, 4.69) is 0 Å². The quantitative estimate of drug-likeness (QED) is 0.905. The molecule has 0 fully saturated rings. The summed E-state index contributed by atoms with van der Waals surface area (Å²) in [6, 6.07) is 1.27. The number of ether oxygens (including phenoxy) is 2. The fourth-order valence-corrected chi connectivity index (χ4v) is 1.47. The van der Waals surface area contributed by atoms with Crippen molar-refractivity contribution in [1.82, 2.24) is 0 Å². The molecule has 104 valence electrons. The van der Waals surface area contributed by atoms with Crippen LogP contribution in [-0.2, 0) is 0 Å². The zero-order chi connectivity index (χ0) is 13.0. The molecule has 0 spiro atoms. The molecule has 2 N–H and O–H groups in total. The number of methoxy groups -OCH3 is 2. The summed E-state index contributed by atoms with van der Waals surface area (Å²) in [5.74, 6) is -0.234. The van der Waals surface area contributed by atoms with E-state index in [-0.39, 0.29) is 29.5 Å². The summed E-state index contributed by atoms with van der Waals surface area (Å²) >= 11 is 0. The number of rotatable bonds is 5. The topological polar surface area (TPSA) is 44.5 Å². The molecule has 7 heteroatoms. The second-order valence-electron chi connectivity index (χ2n) is 3.46. The van der Waals surface area contributed by atoms with Crippen molar-refractivity contribution in [3.05, 3.63) is 23.5 Å². The van der Waals surface area contributed by atoms with Crippen LogP contribution in [0.4, 0.5) is 13.2 Å². The molecule has 18 heavy (non-hydrogen) atoms. The largest absolute Gasteiger partial charge is 0.493 e. The van der Waals surface area contributed by atoms with Gasteiger partial charge in [-0.05, 0) is 6.07 Å². The van der Waals surface area contributed by atoms with E-state index in [9.17, 15) is 13.2 Å². The van der Waals surface area contributed by atoms with Crippen molar-refractivity contribution >= 4 is 12.4 Å². The van der Waals surface area contributed by atoms with Crippen molar-refractivity contribution < 1.29 is 22.6 Å². The summed E-state index contributed by atoms with van der Waals surface area (Å²) in [6.45, 7) is 0. The summed E-state index contributed by atoms with van der Waals surface area (Å²) in [7, 11) is 2.73. The molecule has 0 heterocycles. The van der Waals surface area contributed by atoms with Gasteiger partial charge in [-0.1, -0.05) is 0 Å². The molecule has 0 aliphatic carbocycles. The van der Waals surface area contributed by atoms with E-state index >= 15 is 0 Å². The molecule has 0 aromatic heterocycles. The molecule has 0 saturated carbocycles. The highest BCUT2D eigenvalue weighted by molar-refractivity contribution is 5.85. The molecule has 1 atom stereocenters. The lowest BCUT2D eigenvalue weighted by Crippen LogP contribution is -2.15. The van der Waals surface area contributed by atoms with Gasteiger partial charge in [0, 0.05) is 24.1 Å². The third kappa shape index (κ3) is 3.96. The molecular formula is C11H15ClF3NO2. The lowest BCUT2D eigenvalue weighted by molar-refractivity contribution is 0.128. The predicted molar refractivity (Wildman–Crippen MR) is 64.3 cm³/mol. The molecule has 0 unspecified atom stereocenters. The van der Waals surface area contributed by atoms with Gasteiger partial charge in [0.05, 0.1) is 14.2 Å². The van der Waals surface area contributed by atoms with Crippen molar-refractivity contribution in [2.45, 2.75) is 18.9 Å². The highest BCUT2D eigenvalue weighted by Gasteiger charge is 2.19. The number of hydrogen-bond acceptors (Lipinski definition) is 3. The Morgan fingerprint density at radius 1 is 1.17 bits per heavy atom. The molecule has 0 saturated heterocycles. The standard InChI is InChI=1S/C11H14F3NO2.ClH/c1-16-9-3-6(8(15)5-11(13)14)7(12)4-10(9)17-2;/h3-4,8,11H,5,15H2,1-2H3;1H/t8-;/m1./s1. The lowest BCUT2D eigenvalue weighted by Gasteiger charge is -2.15. The second kappa shape index (κ2) is 7.33. The first-order valence-electron chi connectivity index (χ1n) is 4.94. The maximum Gasteiger partial charge on any atom is 0.240 e. The van der Waals surface area contributed by atoms with Gasteiger partial charge in [0.15, 0.2) is 11.5 Å². The molecule has 0 aliphatic heterocycles. The van der Waals surface area contributed by atoms with Gasteiger partial charge in [-0.25, -0.2) is 13.2 Å². The maximum absolute atomic E-state index is 13.6. The van der Waals surface area contributed by atoms with Gasteiger partial charge in [-0.3, -0.25) is 0 Å². The Bertz CT molecular complexity index is 391. The van der Waals surface area contributed by atoms with Crippen LogP contribution in [0.25, 0.3) is 0 Å². The van der Waals surface area contributed by atoms with Crippen LogP contribution >= 0.6 is 12.4 Å². The molecule has 1 rings (SSSR count). The van der Waals surface area contributed by atoms with Gasteiger partial charge in [-0.15, -0.1) is 12.4 Å². The molecule has 3 nitrogen and oxygen atoms in total. The Morgan fingerprint density at radius 2 is 1.67 bits per heavy atom. The summed E-state index contributed by atoms with van der Waals surface area (Å²) in [5.41, 5.74) is 5.48. The first-order chi connectivity index (χ1) is 7.99. The summed E-state index contributed by atoms with van der Waals surface area (Å²) in [6.07, 6.45) is -3.19. The minimum atomic E-state index is -2.59. The van der Waals surface area contributed by atoms with Crippen molar-refractivity contribution in [1.29, 1.82) is 0 Å². The van der Waals surface area contributed by atoms with E-state index in [0.29, 0.717) is 0 Å². The van der Waals surface area contributed by atoms with Crippen LogP contribution in [0, 0.1) is 5.82 Å². The number of alkyl halides is 2. The Hall–Kier alpha value is -1.14. The number of nitrogens with two attached hydrogens (primary N) is 1. The minimum absolute atomic E-state index is 0. The van der Waals surface area contributed by atoms with Crippen molar-refractivity contribution in [2.24, 2.45) is 5.73 Å². The first kappa shape index (κ1) is 16.9. The summed E-state index contributed by atoms with van der Waals surface area (Å²) in [4.78, 5) is 0. The van der Waals surface area contributed by atoms with Crippen LogP contribution in [0.15, 0.2) is 12.1 Å². The van der Waals surface area contributed by atoms with Gasteiger partial charge < -0.3 is 15.2 Å². The van der Waals surface area contributed by atoms with Gasteiger partial charge in [0.2, 0.25) is 6.43 Å². The van der Waals surface area contributed by atoms with Gasteiger partial charge in [0.1, 0.15) is 5.82 Å². The average Bonchev–Trinajstić information content (AvgIpc) is 2.27. The lowest BCUT2D eigenvalue weighted by atomic mass is 10.0. The molecule has 0 bridgehead atoms. The van der Waals surface area contributed by atoms with E-state index < -0.39 is 24.7 Å². The molecule has 0 amide bonds. The molecule has 1 aromatic rings.